The van der Waals surface area contributed by atoms with Gasteiger partial charge in [0.05, 0.1) is 11.0 Å². The Kier molecular flexibility index (Phi) is 6.60. The lowest BCUT2D eigenvalue weighted by molar-refractivity contribution is 0.669. The predicted octanol–water partition coefficient (Wildman–Crippen LogP) is 14.9. The molecule has 12 aromatic rings. The van der Waals surface area contributed by atoms with Crippen LogP contribution in [0.5, 0.6) is 0 Å². The molecule has 4 heteroatoms. The van der Waals surface area contributed by atoms with Crippen molar-refractivity contribution < 1.29 is 8.83 Å². The molecule has 0 unspecified atom stereocenters. The van der Waals surface area contributed by atoms with Gasteiger partial charge in [0, 0.05) is 72.6 Å². The van der Waals surface area contributed by atoms with E-state index in [-0.39, 0.29) is 0 Å². The van der Waals surface area contributed by atoms with E-state index in [1.54, 1.807) is 0 Å². The Bertz CT molecular complexity index is 3360. The van der Waals surface area contributed by atoms with E-state index in [2.05, 4.69) is 179 Å². The number of fused-ring (bicyclic) bond motifs is 11. The number of para-hydroxylation sites is 3. The molecule has 0 atom stereocenters. The van der Waals surface area contributed by atoms with Gasteiger partial charge in [-0.2, -0.15) is 0 Å². The van der Waals surface area contributed by atoms with Crippen LogP contribution < -0.4 is 4.90 Å². The van der Waals surface area contributed by atoms with E-state index in [0.29, 0.717) is 0 Å². The lowest BCUT2D eigenvalue weighted by Gasteiger charge is -2.25. The van der Waals surface area contributed by atoms with Gasteiger partial charge in [-0.1, -0.05) is 115 Å². The molecule has 0 radical (unpaired) electrons. The van der Waals surface area contributed by atoms with Gasteiger partial charge in [-0.05, 0) is 83.2 Å². The van der Waals surface area contributed by atoms with E-state index in [1.165, 1.54) is 32.6 Å². The highest BCUT2D eigenvalue weighted by Crippen LogP contribution is 2.42. The molecule has 3 heterocycles. The van der Waals surface area contributed by atoms with Crippen LogP contribution in [0.1, 0.15) is 0 Å². The maximum atomic E-state index is 6.36. The second-order valence-electron chi connectivity index (χ2n) is 14.5. The van der Waals surface area contributed by atoms with Crippen LogP contribution in [0.3, 0.4) is 0 Å². The minimum atomic E-state index is 0.853. The smallest absolute Gasteiger partial charge is 0.137 e. The van der Waals surface area contributed by atoms with Crippen LogP contribution in [0.25, 0.3) is 93.3 Å². The largest absolute Gasteiger partial charge is 0.456 e. The monoisotopic (exact) mass is 716 g/mol. The molecule has 0 saturated heterocycles. The summed E-state index contributed by atoms with van der Waals surface area (Å²) in [4.78, 5) is 2.28. The van der Waals surface area contributed by atoms with Gasteiger partial charge in [0.25, 0.3) is 0 Å². The standard InChI is InChI=1S/C52H32N2O2/c1-2-10-40-35(9-1)21-28-46-41-11-3-6-14-47(41)54(52(40)46)37-24-19-34(20-25-37)33-17-22-36(23-18-33)53(38-26-29-44-42-12-4-7-15-48(42)55-50(44)31-38)39-27-30-45-43-13-5-8-16-49(43)56-51(45)32-39/h1-32H. The average Bonchev–Trinajstić information content (AvgIpc) is 3.93. The molecule has 0 N–H and O–H groups in total. The van der Waals surface area contributed by atoms with E-state index < -0.39 is 0 Å². The van der Waals surface area contributed by atoms with Crippen LogP contribution >= 0.6 is 0 Å². The fourth-order valence-electron chi connectivity index (χ4n) is 8.76. The van der Waals surface area contributed by atoms with Crippen LogP contribution in [0.4, 0.5) is 17.1 Å². The van der Waals surface area contributed by atoms with E-state index in [4.69, 9.17) is 8.83 Å². The summed E-state index contributed by atoms with van der Waals surface area (Å²) in [5.41, 5.74) is 12.4. The number of aromatic nitrogens is 1. The number of hydrogen-bond donors (Lipinski definition) is 0. The number of rotatable bonds is 5. The molecule has 3 aromatic heterocycles. The normalized spacial score (nSPS) is 11.9. The van der Waals surface area contributed by atoms with Gasteiger partial charge in [-0.3, -0.25) is 0 Å². The molecule has 4 nitrogen and oxygen atoms in total. The van der Waals surface area contributed by atoms with Gasteiger partial charge in [0.15, 0.2) is 0 Å². The number of hydrogen-bond acceptors (Lipinski definition) is 3. The van der Waals surface area contributed by atoms with Crippen LogP contribution in [-0.2, 0) is 0 Å². The Morgan fingerprint density at radius 3 is 1.46 bits per heavy atom. The second-order valence-corrected chi connectivity index (χ2v) is 14.5. The van der Waals surface area contributed by atoms with E-state index in [1.807, 2.05) is 24.3 Å². The molecule has 0 aliphatic rings. The molecule has 12 rings (SSSR count). The van der Waals surface area contributed by atoms with Crippen molar-refractivity contribution >= 4 is 93.5 Å². The van der Waals surface area contributed by atoms with Crippen molar-refractivity contribution in [2.24, 2.45) is 0 Å². The van der Waals surface area contributed by atoms with Gasteiger partial charge < -0.3 is 18.3 Å². The summed E-state index contributed by atoms with van der Waals surface area (Å²) in [5, 5.41) is 9.46. The molecule has 0 aliphatic heterocycles. The zero-order valence-electron chi connectivity index (χ0n) is 30.2. The molecule has 9 aromatic carbocycles. The first kappa shape index (κ1) is 30.9. The topological polar surface area (TPSA) is 34.5 Å². The van der Waals surface area contributed by atoms with Crippen molar-refractivity contribution in [3.63, 3.8) is 0 Å². The van der Waals surface area contributed by atoms with Gasteiger partial charge in [-0.25, -0.2) is 0 Å². The third-order valence-corrected chi connectivity index (χ3v) is 11.4. The Morgan fingerprint density at radius 2 is 0.821 bits per heavy atom. The van der Waals surface area contributed by atoms with Gasteiger partial charge in [0.2, 0.25) is 0 Å². The fraction of sp³-hybridized carbons (Fsp3) is 0. The molecule has 0 amide bonds. The summed E-state index contributed by atoms with van der Waals surface area (Å²) in [6, 6.07) is 69.1. The highest BCUT2D eigenvalue weighted by atomic mass is 16.3. The minimum absolute atomic E-state index is 0.853. The zero-order valence-corrected chi connectivity index (χ0v) is 30.2. The Hall–Kier alpha value is -7.56. The van der Waals surface area contributed by atoms with Gasteiger partial charge in [0.1, 0.15) is 22.3 Å². The molecule has 262 valence electrons. The zero-order chi connectivity index (χ0) is 36.7. The first-order valence-electron chi connectivity index (χ1n) is 19.0. The summed E-state index contributed by atoms with van der Waals surface area (Å²) >= 11 is 0. The lowest BCUT2D eigenvalue weighted by atomic mass is 10.0. The van der Waals surface area contributed by atoms with Crippen LogP contribution in [0.15, 0.2) is 203 Å². The number of anilines is 3. The Balaban J connectivity index is 0.955. The van der Waals surface area contributed by atoms with Crippen LogP contribution in [0.2, 0.25) is 0 Å². The highest BCUT2D eigenvalue weighted by Gasteiger charge is 2.19. The number of nitrogens with zero attached hydrogens (tertiary/aromatic N) is 2. The lowest BCUT2D eigenvalue weighted by Crippen LogP contribution is -2.09. The Morgan fingerprint density at radius 1 is 0.339 bits per heavy atom. The number of benzene rings is 9. The third-order valence-electron chi connectivity index (χ3n) is 11.4. The molecular formula is C52H32N2O2. The second kappa shape index (κ2) is 12.0. The molecule has 0 fully saturated rings. The van der Waals surface area contributed by atoms with Crippen molar-refractivity contribution in [1.29, 1.82) is 0 Å². The summed E-state index contributed by atoms with van der Waals surface area (Å²) in [6.45, 7) is 0. The SMILES string of the molecule is c1ccc2c(c1)ccc1c3ccccc3n(-c3ccc(-c4ccc(N(c5ccc6c(c5)oc5ccccc56)c5ccc6c(c5)oc5ccccc56)cc4)cc3)c21. The summed E-state index contributed by atoms with van der Waals surface area (Å²) in [7, 11) is 0. The summed E-state index contributed by atoms with van der Waals surface area (Å²) < 4.78 is 15.1. The first-order chi connectivity index (χ1) is 27.7. The molecule has 0 bridgehead atoms. The van der Waals surface area contributed by atoms with Crippen LogP contribution in [-0.4, -0.2) is 4.57 Å². The summed E-state index contributed by atoms with van der Waals surface area (Å²) in [6.07, 6.45) is 0. The van der Waals surface area contributed by atoms with Crippen molar-refractivity contribution in [2.45, 2.75) is 0 Å². The van der Waals surface area contributed by atoms with Crippen LogP contribution in [0, 0.1) is 0 Å². The molecule has 0 spiro atoms. The maximum Gasteiger partial charge on any atom is 0.137 e. The van der Waals surface area contributed by atoms with Crippen molar-refractivity contribution in [3.8, 4) is 16.8 Å². The molecular weight excluding hydrogens is 685 g/mol. The summed E-state index contributed by atoms with van der Waals surface area (Å²) in [5.74, 6) is 0. The van der Waals surface area contributed by atoms with E-state index in [9.17, 15) is 0 Å². The van der Waals surface area contributed by atoms with Gasteiger partial charge in [-0.15, -0.1) is 0 Å². The predicted molar refractivity (Wildman–Crippen MR) is 233 cm³/mol. The Labute approximate surface area is 321 Å². The third kappa shape index (κ3) is 4.66. The quantitative estimate of drug-likeness (QED) is 0.178. The molecule has 0 aliphatic carbocycles. The minimum Gasteiger partial charge on any atom is -0.456 e. The highest BCUT2D eigenvalue weighted by molar-refractivity contribution is 6.18. The first-order valence-corrected chi connectivity index (χ1v) is 19.0. The van der Waals surface area contributed by atoms with E-state index >= 15 is 0 Å². The molecule has 0 saturated carbocycles. The maximum absolute atomic E-state index is 6.36. The van der Waals surface area contributed by atoms with Crippen molar-refractivity contribution in [2.75, 3.05) is 4.90 Å². The number of furan rings is 2. The molecule has 56 heavy (non-hydrogen) atoms. The van der Waals surface area contributed by atoms with Gasteiger partial charge >= 0.3 is 0 Å². The van der Waals surface area contributed by atoms with Crippen molar-refractivity contribution in [3.05, 3.63) is 194 Å². The average molecular weight is 717 g/mol. The van der Waals surface area contributed by atoms with E-state index in [0.717, 1.165) is 77.8 Å². The fourth-order valence-corrected chi connectivity index (χ4v) is 8.76. The van der Waals surface area contributed by atoms with Crippen molar-refractivity contribution in [1.82, 2.24) is 4.57 Å².